The van der Waals surface area contributed by atoms with Gasteiger partial charge in [-0.3, -0.25) is 4.79 Å². The number of rotatable bonds is 4. The largest absolute Gasteiger partial charge is 0.573 e. The maximum absolute atomic E-state index is 12.9. The molecular weight excluding hydrogens is 459 g/mol. The Kier molecular flexibility index (Phi) is 6.96. The van der Waals surface area contributed by atoms with Gasteiger partial charge in [-0.05, 0) is 56.2 Å². The standard InChI is InChI=1S/C26H30F3N3O3/c1-18-7-8-21(19(2)15-18)30-24(34)31-12-9-25(10-13-31)11-14-32(17-25)23(33)16-20-5-3-4-6-22(20)35-26(27,28)29/h3-8,15H,9-14,16-17H2,1-2H3,(H,30,34). The predicted molar refractivity (Wildman–Crippen MR) is 126 cm³/mol. The number of aryl methyl sites for hydroxylation is 2. The van der Waals surface area contributed by atoms with Crippen molar-refractivity contribution in [2.24, 2.45) is 5.41 Å². The lowest BCUT2D eigenvalue weighted by Gasteiger charge is -2.39. The highest BCUT2D eigenvalue weighted by atomic mass is 19.4. The van der Waals surface area contributed by atoms with Gasteiger partial charge in [-0.15, -0.1) is 13.2 Å². The summed E-state index contributed by atoms with van der Waals surface area (Å²) in [5.74, 6) is -0.555. The molecule has 2 aromatic carbocycles. The molecule has 4 rings (SSSR count). The van der Waals surface area contributed by atoms with E-state index in [-0.39, 0.29) is 35.1 Å². The highest BCUT2D eigenvalue weighted by Gasteiger charge is 2.43. The van der Waals surface area contributed by atoms with Crippen LogP contribution in [0.15, 0.2) is 42.5 Å². The number of nitrogens with one attached hydrogen (secondary N) is 1. The number of ether oxygens (including phenoxy) is 1. The summed E-state index contributed by atoms with van der Waals surface area (Å²) in [4.78, 5) is 29.2. The first kappa shape index (κ1) is 24.9. The van der Waals surface area contributed by atoms with Gasteiger partial charge in [-0.2, -0.15) is 0 Å². The van der Waals surface area contributed by atoms with E-state index in [1.165, 1.54) is 18.2 Å². The van der Waals surface area contributed by atoms with Gasteiger partial charge in [0.15, 0.2) is 0 Å². The maximum atomic E-state index is 12.9. The number of urea groups is 1. The molecule has 0 aliphatic carbocycles. The number of likely N-dealkylation sites (tertiary alicyclic amines) is 2. The van der Waals surface area contributed by atoms with Gasteiger partial charge in [0.2, 0.25) is 5.91 Å². The van der Waals surface area contributed by atoms with E-state index >= 15 is 0 Å². The molecular formula is C26H30F3N3O3. The number of alkyl halides is 3. The number of hydrogen-bond donors (Lipinski definition) is 1. The first-order chi connectivity index (χ1) is 16.5. The minimum absolute atomic E-state index is 0.0613. The molecule has 2 heterocycles. The van der Waals surface area contributed by atoms with Crippen LogP contribution in [0.3, 0.4) is 0 Å². The van der Waals surface area contributed by atoms with Gasteiger partial charge in [0.1, 0.15) is 5.75 Å². The lowest BCUT2D eigenvalue weighted by Crippen LogP contribution is -2.46. The number of para-hydroxylation sites is 1. The number of nitrogens with zero attached hydrogens (tertiary/aromatic N) is 2. The highest BCUT2D eigenvalue weighted by molar-refractivity contribution is 5.90. The van der Waals surface area contributed by atoms with Gasteiger partial charge in [0.25, 0.3) is 0 Å². The second-order valence-corrected chi connectivity index (χ2v) is 9.63. The van der Waals surface area contributed by atoms with Crippen LogP contribution in [0.2, 0.25) is 0 Å². The minimum Gasteiger partial charge on any atom is -0.405 e. The minimum atomic E-state index is -4.81. The Bertz CT molecular complexity index is 1090. The van der Waals surface area contributed by atoms with Crippen LogP contribution in [-0.4, -0.2) is 54.3 Å². The fourth-order valence-electron chi connectivity index (χ4n) is 5.04. The summed E-state index contributed by atoms with van der Waals surface area (Å²) in [5, 5.41) is 2.99. The van der Waals surface area contributed by atoms with Crippen LogP contribution < -0.4 is 10.1 Å². The normalized spacial score (nSPS) is 17.5. The molecule has 9 heteroatoms. The summed E-state index contributed by atoms with van der Waals surface area (Å²) in [6.07, 6.45) is -2.57. The number of halogens is 3. The molecule has 1 spiro atoms. The Morgan fingerprint density at radius 3 is 2.31 bits per heavy atom. The van der Waals surface area contributed by atoms with E-state index in [1.807, 2.05) is 32.0 Å². The van der Waals surface area contributed by atoms with Gasteiger partial charge < -0.3 is 19.9 Å². The molecule has 1 N–H and O–H groups in total. The molecule has 0 bridgehead atoms. The zero-order valence-corrected chi connectivity index (χ0v) is 20.0. The van der Waals surface area contributed by atoms with Gasteiger partial charge in [0.05, 0.1) is 6.42 Å². The zero-order chi connectivity index (χ0) is 25.2. The van der Waals surface area contributed by atoms with E-state index in [4.69, 9.17) is 0 Å². The quantitative estimate of drug-likeness (QED) is 0.635. The van der Waals surface area contributed by atoms with E-state index < -0.39 is 6.36 Å². The van der Waals surface area contributed by atoms with Crippen LogP contribution in [-0.2, 0) is 11.2 Å². The molecule has 0 unspecified atom stereocenters. The van der Waals surface area contributed by atoms with E-state index in [1.54, 1.807) is 15.9 Å². The summed E-state index contributed by atoms with van der Waals surface area (Å²) in [6.45, 7) is 6.29. The maximum Gasteiger partial charge on any atom is 0.573 e. The van der Waals surface area contributed by atoms with Gasteiger partial charge in [-0.25, -0.2) is 4.79 Å². The van der Waals surface area contributed by atoms with Crippen molar-refractivity contribution in [3.8, 4) is 5.75 Å². The third kappa shape index (κ3) is 6.07. The molecule has 0 radical (unpaired) electrons. The Balaban J connectivity index is 1.31. The van der Waals surface area contributed by atoms with Crippen molar-refractivity contribution in [3.63, 3.8) is 0 Å². The Morgan fingerprint density at radius 1 is 1.00 bits per heavy atom. The summed E-state index contributed by atoms with van der Waals surface area (Å²) >= 11 is 0. The van der Waals surface area contributed by atoms with Crippen molar-refractivity contribution in [1.29, 1.82) is 0 Å². The van der Waals surface area contributed by atoms with Crippen LogP contribution in [0, 0.1) is 19.3 Å². The lowest BCUT2D eigenvalue weighted by atomic mass is 9.78. The average Bonchev–Trinajstić information content (AvgIpc) is 3.20. The van der Waals surface area contributed by atoms with Crippen LogP contribution >= 0.6 is 0 Å². The van der Waals surface area contributed by atoms with Crippen molar-refractivity contribution >= 4 is 17.6 Å². The molecule has 2 aromatic rings. The van der Waals surface area contributed by atoms with E-state index in [2.05, 4.69) is 10.1 Å². The van der Waals surface area contributed by atoms with Gasteiger partial charge in [-0.1, -0.05) is 35.9 Å². The van der Waals surface area contributed by atoms with Crippen LogP contribution in [0.1, 0.15) is 36.0 Å². The number of anilines is 1. The third-order valence-electron chi connectivity index (χ3n) is 7.07. The SMILES string of the molecule is Cc1ccc(NC(=O)N2CCC3(CCN(C(=O)Cc4ccccc4OC(F)(F)F)C3)CC2)c(C)c1. The molecule has 6 nitrogen and oxygen atoms in total. The lowest BCUT2D eigenvalue weighted by molar-refractivity contribution is -0.274. The van der Waals surface area contributed by atoms with Crippen LogP contribution in [0.4, 0.5) is 23.7 Å². The molecule has 0 atom stereocenters. The topological polar surface area (TPSA) is 61.9 Å². The molecule has 2 fully saturated rings. The Labute approximate surface area is 203 Å². The predicted octanol–water partition coefficient (Wildman–Crippen LogP) is 5.29. The molecule has 188 valence electrons. The average molecular weight is 490 g/mol. The van der Waals surface area contributed by atoms with Crippen molar-refractivity contribution in [3.05, 3.63) is 59.2 Å². The number of benzene rings is 2. The number of hydrogen-bond acceptors (Lipinski definition) is 3. The number of carbonyl (C=O) groups excluding carboxylic acids is 2. The fourth-order valence-corrected chi connectivity index (χ4v) is 5.04. The molecule has 0 aromatic heterocycles. The number of carbonyl (C=O) groups is 2. The summed E-state index contributed by atoms with van der Waals surface area (Å²) < 4.78 is 42.2. The third-order valence-corrected chi connectivity index (χ3v) is 7.07. The summed E-state index contributed by atoms with van der Waals surface area (Å²) in [7, 11) is 0. The summed E-state index contributed by atoms with van der Waals surface area (Å²) in [6, 6.07) is 11.5. The second-order valence-electron chi connectivity index (χ2n) is 9.63. The molecule has 2 aliphatic heterocycles. The first-order valence-corrected chi connectivity index (χ1v) is 11.8. The fraction of sp³-hybridized carbons (Fsp3) is 0.462. The summed E-state index contributed by atoms with van der Waals surface area (Å²) in [5.41, 5.74) is 3.10. The molecule has 0 saturated carbocycles. The van der Waals surface area contributed by atoms with E-state index in [0.717, 1.165) is 36.1 Å². The van der Waals surface area contributed by atoms with Crippen LogP contribution in [0.5, 0.6) is 5.75 Å². The van der Waals surface area contributed by atoms with Gasteiger partial charge in [0, 0.05) is 37.4 Å². The Hall–Kier alpha value is -3.23. The molecule has 3 amide bonds. The monoisotopic (exact) mass is 489 g/mol. The zero-order valence-electron chi connectivity index (χ0n) is 20.0. The number of amides is 3. The molecule has 35 heavy (non-hydrogen) atoms. The van der Waals surface area contributed by atoms with Gasteiger partial charge >= 0.3 is 12.4 Å². The van der Waals surface area contributed by atoms with Crippen molar-refractivity contribution in [1.82, 2.24) is 9.80 Å². The molecule has 2 saturated heterocycles. The second kappa shape index (κ2) is 9.79. The van der Waals surface area contributed by atoms with Crippen molar-refractivity contribution in [2.45, 2.75) is 45.9 Å². The molecule has 2 aliphatic rings. The Morgan fingerprint density at radius 2 is 1.66 bits per heavy atom. The van der Waals surface area contributed by atoms with Crippen molar-refractivity contribution in [2.75, 3.05) is 31.5 Å². The number of piperidine rings is 1. The van der Waals surface area contributed by atoms with E-state index in [0.29, 0.717) is 26.2 Å². The smallest absolute Gasteiger partial charge is 0.405 e. The van der Waals surface area contributed by atoms with Crippen LogP contribution in [0.25, 0.3) is 0 Å². The first-order valence-electron chi connectivity index (χ1n) is 11.8. The highest BCUT2D eigenvalue weighted by Crippen LogP contribution is 2.41. The van der Waals surface area contributed by atoms with E-state index in [9.17, 15) is 22.8 Å². The van der Waals surface area contributed by atoms with Crippen molar-refractivity contribution < 1.29 is 27.5 Å².